The molecule has 0 aromatic heterocycles. The van der Waals surface area contributed by atoms with E-state index in [1.54, 1.807) is 4.90 Å². The first-order valence-corrected chi connectivity index (χ1v) is 7.25. The van der Waals surface area contributed by atoms with Gasteiger partial charge >= 0.3 is 5.97 Å². The van der Waals surface area contributed by atoms with Crippen LogP contribution < -0.4 is 15.4 Å². The van der Waals surface area contributed by atoms with Crippen molar-refractivity contribution in [2.24, 2.45) is 5.14 Å². The van der Waals surface area contributed by atoms with E-state index in [2.05, 4.69) is 5.32 Å². The molecule has 1 aromatic rings. The largest absolute Gasteiger partial charge is 0.478 e. The van der Waals surface area contributed by atoms with Crippen molar-refractivity contribution < 1.29 is 23.1 Å². The van der Waals surface area contributed by atoms with Crippen molar-refractivity contribution >= 4 is 27.6 Å². The Morgan fingerprint density at radius 1 is 1.40 bits per heavy atom. The minimum Gasteiger partial charge on any atom is -0.478 e. The molecule has 0 atom stereocenters. The Balaban J connectivity index is 2.48. The fourth-order valence-corrected chi connectivity index (χ4v) is 2.52. The maximum absolute atomic E-state index is 11.3. The van der Waals surface area contributed by atoms with Gasteiger partial charge in [0.05, 0.1) is 22.7 Å². The molecule has 0 aliphatic carbocycles. The Labute approximate surface area is 115 Å². The van der Waals surface area contributed by atoms with E-state index in [0.717, 1.165) is 6.07 Å². The fraction of sp³-hybridized carbons (Fsp3) is 0.273. The molecule has 1 fully saturated rings. The maximum atomic E-state index is 11.3. The van der Waals surface area contributed by atoms with Gasteiger partial charge in [0.1, 0.15) is 0 Å². The number of benzene rings is 1. The molecule has 1 aromatic carbocycles. The van der Waals surface area contributed by atoms with Crippen molar-refractivity contribution in [3.8, 4) is 0 Å². The van der Waals surface area contributed by atoms with Crippen molar-refractivity contribution in [3.05, 3.63) is 23.8 Å². The number of aromatic carboxylic acids is 1. The number of carboxylic acids is 1. The summed E-state index contributed by atoms with van der Waals surface area (Å²) in [7, 11) is -3.98. The van der Waals surface area contributed by atoms with Crippen molar-refractivity contribution in [2.45, 2.75) is 4.90 Å². The van der Waals surface area contributed by atoms with Crippen LogP contribution in [0.25, 0.3) is 0 Å². The Morgan fingerprint density at radius 3 is 2.65 bits per heavy atom. The number of carbonyl (C=O) groups excluding carboxylic acids is 1. The number of amides is 1. The molecule has 2 rings (SSSR count). The van der Waals surface area contributed by atoms with Gasteiger partial charge in [-0.2, -0.15) is 0 Å². The van der Waals surface area contributed by atoms with Crippen LogP contribution in [0.2, 0.25) is 0 Å². The number of carbonyl (C=O) groups is 2. The second-order valence-electron chi connectivity index (χ2n) is 4.30. The predicted octanol–water partition coefficient (Wildman–Crippen LogP) is -1.03. The first-order chi connectivity index (χ1) is 9.29. The zero-order chi connectivity index (χ0) is 14.9. The van der Waals surface area contributed by atoms with Crippen LogP contribution in [-0.4, -0.2) is 45.0 Å². The number of nitrogens with zero attached hydrogens (tertiary/aromatic N) is 1. The maximum Gasteiger partial charge on any atom is 0.337 e. The predicted molar refractivity (Wildman–Crippen MR) is 70.0 cm³/mol. The number of hydrogen-bond donors (Lipinski definition) is 3. The Hall–Kier alpha value is -2.13. The molecule has 4 N–H and O–H groups in total. The molecule has 1 aliphatic rings. The lowest BCUT2D eigenvalue weighted by atomic mass is 10.1. The molecular formula is C11H13N3O5S. The van der Waals surface area contributed by atoms with E-state index in [9.17, 15) is 23.1 Å². The van der Waals surface area contributed by atoms with Crippen LogP contribution in [0.3, 0.4) is 0 Å². The van der Waals surface area contributed by atoms with E-state index < -0.39 is 16.0 Å². The quantitative estimate of drug-likeness (QED) is 0.654. The van der Waals surface area contributed by atoms with Gasteiger partial charge in [-0.05, 0) is 18.2 Å². The summed E-state index contributed by atoms with van der Waals surface area (Å²) >= 11 is 0. The molecule has 1 aliphatic heterocycles. The molecule has 0 radical (unpaired) electrons. The van der Waals surface area contributed by atoms with Crippen LogP contribution in [0.15, 0.2) is 23.1 Å². The van der Waals surface area contributed by atoms with E-state index in [0.29, 0.717) is 18.8 Å². The number of piperazine rings is 1. The van der Waals surface area contributed by atoms with Gasteiger partial charge in [-0.3, -0.25) is 4.79 Å². The van der Waals surface area contributed by atoms with Crippen molar-refractivity contribution in [2.75, 3.05) is 24.5 Å². The zero-order valence-corrected chi connectivity index (χ0v) is 11.2. The third kappa shape index (κ3) is 2.89. The van der Waals surface area contributed by atoms with Gasteiger partial charge in [0.25, 0.3) is 0 Å². The lowest BCUT2D eigenvalue weighted by molar-refractivity contribution is -0.120. The van der Waals surface area contributed by atoms with Crippen LogP contribution in [0.5, 0.6) is 0 Å². The van der Waals surface area contributed by atoms with Crippen LogP contribution >= 0.6 is 0 Å². The number of sulfonamides is 1. The molecule has 8 nitrogen and oxygen atoms in total. The lowest BCUT2D eigenvalue weighted by Crippen LogP contribution is -2.48. The highest BCUT2D eigenvalue weighted by Crippen LogP contribution is 2.24. The summed E-state index contributed by atoms with van der Waals surface area (Å²) in [6.45, 7) is 0.866. The van der Waals surface area contributed by atoms with Gasteiger partial charge in [-0.1, -0.05) is 0 Å². The van der Waals surface area contributed by atoms with Crippen LogP contribution in [0.1, 0.15) is 10.4 Å². The molecule has 0 bridgehead atoms. The van der Waals surface area contributed by atoms with Gasteiger partial charge in [0.2, 0.25) is 15.9 Å². The molecule has 0 unspecified atom stereocenters. The van der Waals surface area contributed by atoms with Gasteiger partial charge in [0.15, 0.2) is 0 Å². The molecule has 20 heavy (non-hydrogen) atoms. The summed E-state index contributed by atoms with van der Waals surface area (Å²) in [6, 6.07) is 3.57. The normalized spacial score (nSPS) is 15.8. The highest BCUT2D eigenvalue weighted by atomic mass is 32.2. The number of primary sulfonamides is 1. The van der Waals surface area contributed by atoms with Gasteiger partial charge < -0.3 is 15.3 Å². The summed E-state index contributed by atoms with van der Waals surface area (Å²) < 4.78 is 22.5. The third-order valence-corrected chi connectivity index (χ3v) is 3.82. The summed E-state index contributed by atoms with van der Waals surface area (Å²) in [6.07, 6.45) is 0. The van der Waals surface area contributed by atoms with Crippen LogP contribution in [0, 0.1) is 0 Å². The second kappa shape index (κ2) is 5.10. The monoisotopic (exact) mass is 299 g/mol. The first kappa shape index (κ1) is 14.3. The Bertz CT molecular complexity index is 671. The average Bonchev–Trinajstić information content (AvgIpc) is 2.37. The van der Waals surface area contributed by atoms with E-state index in [-0.39, 0.29) is 22.9 Å². The molecule has 108 valence electrons. The fourth-order valence-electron chi connectivity index (χ4n) is 1.98. The highest BCUT2D eigenvalue weighted by molar-refractivity contribution is 7.89. The number of nitrogens with two attached hydrogens (primary N) is 1. The van der Waals surface area contributed by atoms with E-state index in [4.69, 9.17) is 5.14 Å². The summed E-state index contributed by atoms with van der Waals surface area (Å²) in [4.78, 5) is 23.9. The molecule has 1 heterocycles. The average molecular weight is 299 g/mol. The standard InChI is InChI=1S/C11H13N3O5S/c12-20(18,19)7-1-2-9(8(5-7)11(16)17)14-4-3-13-10(15)6-14/h1-2,5H,3-4,6H2,(H,13,15)(H,16,17)(H2,12,18,19). The zero-order valence-electron chi connectivity index (χ0n) is 10.4. The smallest absolute Gasteiger partial charge is 0.337 e. The molecule has 9 heteroatoms. The minimum absolute atomic E-state index is 0.0228. The number of rotatable bonds is 3. The first-order valence-electron chi connectivity index (χ1n) is 5.71. The number of nitrogens with one attached hydrogen (secondary N) is 1. The summed E-state index contributed by atoms with van der Waals surface area (Å²) in [5.41, 5.74) is 0.0889. The number of hydrogen-bond acceptors (Lipinski definition) is 5. The van der Waals surface area contributed by atoms with Crippen molar-refractivity contribution in [3.63, 3.8) is 0 Å². The number of anilines is 1. The number of carboxylic acid groups (broad SMARTS) is 1. The van der Waals surface area contributed by atoms with Crippen LogP contribution in [-0.2, 0) is 14.8 Å². The van der Waals surface area contributed by atoms with Crippen molar-refractivity contribution in [1.29, 1.82) is 0 Å². The second-order valence-corrected chi connectivity index (χ2v) is 5.86. The van der Waals surface area contributed by atoms with Crippen molar-refractivity contribution in [1.82, 2.24) is 5.32 Å². The third-order valence-electron chi connectivity index (χ3n) is 2.91. The summed E-state index contributed by atoms with van der Waals surface area (Å²) in [5, 5.41) is 16.8. The molecule has 0 saturated carbocycles. The van der Waals surface area contributed by atoms with E-state index >= 15 is 0 Å². The molecule has 1 amide bonds. The molecule has 1 saturated heterocycles. The van der Waals surface area contributed by atoms with E-state index in [1.807, 2.05) is 0 Å². The van der Waals surface area contributed by atoms with Crippen LogP contribution in [0.4, 0.5) is 5.69 Å². The molecule has 0 spiro atoms. The highest BCUT2D eigenvalue weighted by Gasteiger charge is 2.23. The SMILES string of the molecule is NS(=O)(=O)c1ccc(N2CCNC(=O)C2)c(C(=O)O)c1. The van der Waals surface area contributed by atoms with Gasteiger partial charge in [-0.25, -0.2) is 18.4 Å². The lowest BCUT2D eigenvalue weighted by Gasteiger charge is -2.29. The van der Waals surface area contributed by atoms with E-state index in [1.165, 1.54) is 12.1 Å². The minimum atomic E-state index is -3.98. The Kier molecular flexibility index (Phi) is 3.64. The van der Waals surface area contributed by atoms with Gasteiger partial charge in [-0.15, -0.1) is 0 Å². The summed E-state index contributed by atoms with van der Waals surface area (Å²) in [5.74, 6) is -1.50. The topological polar surface area (TPSA) is 130 Å². The molecular weight excluding hydrogens is 286 g/mol. The Morgan fingerprint density at radius 2 is 2.10 bits per heavy atom. The van der Waals surface area contributed by atoms with Gasteiger partial charge in [0, 0.05) is 13.1 Å².